The van der Waals surface area contributed by atoms with Crippen molar-refractivity contribution in [2.45, 2.75) is 57.7 Å². The summed E-state index contributed by atoms with van der Waals surface area (Å²) in [6.07, 6.45) is 6.07. The summed E-state index contributed by atoms with van der Waals surface area (Å²) < 4.78 is 1.89. The van der Waals surface area contributed by atoms with E-state index in [2.05, 4.69) is 22.1 Å². The molecule has 2 aliphatic rings. The fourth-order valence-corrected chi connectivity index (χ4v) is 5.05. The first-order valence-electron chi connectivity index (χ1n) is 9.57. The number of aryl methyl sites for hydroxylation is 2. The Bertz CT molecular complexity index is 773. The molecule has 1 N–H and O–H groups in total. The summed E-state index contributed by atoms with van der Waals surface area (Å²) in [5, 5.41) is 14.5. The van der Waals surface area contributed by atoms with Crippen LogP contribution in [0.4, 0.5) is 0 Å². The van der Waals surface area contributed by atoms with Crippen LogP contribution in [0.3, 0.4) is 0 Å². The lowest BCUT2D eigenvalue weighted by molar-refractivity contribution is -0.133. The van der Waals surface area contributed by atoms with Crippen molar-refractivity contribution in [2.24, 2.45) is 5.41 Å². The van der Waals surface area contributed by atoms with Crippen LogP contribution >= 0.6 is 0 Å². The SMILES string of the molecule is Cc1ccnn1CCC(=O)N1[C@H]2CC[C@@H]1[C@@](CO)(Cc1ccccc1)C2. The molecule has 2 bridgehead atoms. The molecule has 138 valence electrons. The summed E-state index contributed by atoms with van der Waals surface area (Å²) in [6, 6.07) is 12.7. The number of carbonyl (C=O) groups excluding carboxylic acids is 1. The van der Waals surface area contributed by atoms with Gasteiger partial charge in [-0.1, -0.05) is 30.3 Å². The van der Waals surface area contributed by atoms with E-state index in [0.29, 0.717) is 13.0 Å². The zero-order valence-corrected chi connectivity index (χ0v) is 15.3. The molecule has 0 radical (unpaired) electrons. The Morgan fingerprint density at radius 3 is 2.77 bits per heavy atom. The maximum Gasteiger partial charge on any atom is 0.224 e. The molecule has 3 heterocycles. The molecular formula is C21H27N3O2. The van der Waals surface area contributed by atoms with Crippen molar-refractivity contribution in [1.82, 2.24) is 14.7 Å². The van der Waals surface area contributed by atoms with Gasteiger partial charge in [0, 0.05) is 42.4 Å². The molecule has 26 heavy (non-hydrogen) atoms. The summed E-state index contributed by atoms with van der Waals surface area (Å²) in [4.78, 5) is 15.1. The maximum absolute atomic E-state index is 13.0. The van der Waals surface area contributed by atoms with Gasteiger partial charge in [-0.3, -0.25) is 9.48 Å². The van der Waals surface area contributed by atoms with E-state index in [0.717, 1.165) is 31.4 Å². The van der Waals surface area contributed by atoms with Gasteiger partial charge in [-0.05, 0) is 44.2 Å². The van der Waals surface area contributed by atoms with E-state index in [1.807, 2.05) is 35.9 Å². The first-order chi connectivity index (χ1) is 12.6. The lowest BCUT2D eigenvalue weighted by Gasteiger charge is -2.36. The monoisotopic (exact) mass is 353 g/mol. The van der Waals surface area contributed by atoms with Crippen LogP contribution in [0.2, 0.25) is 0 Å². The number of rotatable bonds is 6. The molecule has 3 atom stereocenters. The second-order valence-electron chi connectivity index (χ2n) is 7.88. The normalized spacial score (nSPS) is 27.2. The molecule has 1 aromatic carbocycles. The van der Waals surface area contributed by atoms with Crippen molar-refractivity contribution in [3.63, 3.8) is 0 Å². The topological polar surface area (TPSA) is 58.4 Å². The van der Waals surface area contributed by atoms with E-state index in [9.17, 15) is 9.90 Å². The Labute approximate surface area is 154 Å². The standard InChI is InChI=1S/C21H27N3O2/c1-16-9-11-22-23(16)12-10-20(26)24-18-7-8-19(24)21(14-18,15-25)13-17-5-3-2-4-6-17/h2-6,9,11,18-19,25H,7-8,10,12-15H2,1H3/t18-,19+,21-/m0/s1. The predicted octanol–water partition coefficient (Wildman–Crippen LogP) is 2.57. The summed E-state index contributed by atoms with van der Waals surface area (Å²) >= 11 is 0. The summed E-state index contributed by atoms with van der Waals surface area (Å²) in [7, 11) is 0. The number of hydrogen-bond acceptors (Lipinski definition) is 3. The second kappa shape index (κ2) is 6.88. The van der Waals surface area contributed by atoms with Crippen LogP contribution in [0.5, 0.6) is 0 Å². The van der Waals surface area contributed by atoms with E-state index in [1.54, 1.807) is 6.20 Å². The molecule has 0 aliphatic carbocycles. The first kappa shape index (κ1) is 17.3. The highest BCUT2D eigenvalue weighted by atomic mass is 16.3. The molecule has 2 aliphatic heterocycles. The molecule has 1 amide bonds. The Hall–Kier alpha value is -2.14. The quantitative estimate of drug-likeness (QED) is 0.868. The predicted molar refractivity (Wildman–Crippen MR) is 99.5 cm³/mol. The van der Waals surface area contributed by atoms with Crippen LogP contribution in [-0.2, 0) is 17.8 Å². The van der Waals surface area contributed by atoms with Gasteiger partial charge >= 0.3 is 0 Å². The van der Waals surface area contributed by atoms with Crippen LogP contribution < -0.4 is 0 Å². The zero-order chi connectivity index (χ0) is 18.1. The Kier molecular flexibility index (Phi) is 4.57. The highest BCUT2D eigenvalue weighted by Crippen LogP contribution is 2.51. The molecular weight excluding hydrogens is 326 g/mol. The van der Waals surface area contributed by atoms with Crippen molar-refractivity contribution in [2.75, 3.05) is 6.61 Å². The largest absolute Gasteiger partial charge is 0.396 e. The number of aliphatic hydroxyl groups excluding tert-OH is 1. The molecule has 0 saturated carbocycles. The smallest absolute Gasteiger partial charge is 0.224 e. The summed E-state index contributed by atoms with van der Waals surface area (Å²) in [5.41, 5.74) is 2.13. The van der Waals surface area contributed by atoms with Crippen LogP contribution in [0.1, 0.15) is 36.9 Å². The minimum atomic E-state index is -0.193. The fourth-order valence-electron chi connectivity index (χ4n) is 5.05. The number of fused-ring (bicyclic) bond motifs is 2. The van der Waals surface area contributed by atoms with Crippen molar-refractivity contribution in [1.29, 1.82) is 0 Å². The van der Waals surface area contributed by atoms with Gasteiger partial charge in [-0.2, -0.15) is 5.10 Å². The Morgan fingerprint density at radius 2 is 2.08 bits per heavy atom. The third-order valence-corrected chi connectivity index (χ3v) is 6.32. The molecule has 2 fully saturated rings. The summed E-state index contributed by atoms with van der Waals surface area (Å²) in [6.45, 7) is 2.77. The average Bonchev–Trinajstić information content (AvgIpc) is 3.34. The number of hydrogen-bond donors (Lipinski definition) is 1. The van der Waals surface area contributed by atoms with Crippen molar-refractivity contribution in [3.05, 3.63) is 53.9 Å². The molecule has 5 nitrogen and oxygen atoms in total. The minimum absolute atomic E-state index is 0.144. The van der Waals surface area contributed by atoms with E-state index >= 15 is 0 Å². The number of carbonyl (C=O) groups is 1. The summed E-state index contributed by atoms with van der Waals surface area (Å²) in [5.74, 6) is 0.204. The van der Waals surface area contributed by atoms with Crippen LogP contribution in [0.25, 0.3) is 0 Å². The highest BCUT2D eigenvalue weighted by molar-refractivity contribution is 5.78. The van der Waals surface area contributed by atoms with Gasteiger partial charge in [0.15, 0.2) is 0 Å². The van der Waals surface area contributed by atoms with E-state index in [1.165, 1.54) is 5.56 Å². The first-order valence-corrected chi connectivity index (χ1v) is 9.57. The van der Waals surface area contributed by atoms with Gasteiger partial charge in [0.1, 0.15) is 0 Å². The number of aliphatic hydroxyl groups is 1. The maximum atomic E-state index is 13.0. The van der Waals surface area contributed by atoms with Gasteiger partial charge in [-0.15, -0.1) is 0 Å². The van der Waals surface area contributed by atoms with Gasteiger partial charge in [0.2, 0.25) is 5.91 Å². The van der Waals surface area contributed by atoms with Gasteiger partial charge in [0.05, 0.1) is 6.61 Å². The number of amides is 1. The molecule has 0 spiro atoms. The average molecular weight is 353 g/mol. The molecule has 0 unspecified atom stereocenters. The van der Waals surface area contributed by atoms with E-state index < -0.39 is 0 Å². The molecule has 4 rings (SSSR count). The van der Waals surface area contributed by atoms with Gasteiger partial charge in [-0.25, -0.2) is 0 Å². The molecule has 2 saturated heterocycles. The third-order valence-electron chi connectivity index (χ3n) is 6.32. The van der Waals surface area contributed by atoms with Gasteiger partial charge < -0.3 is 10.0 Å². The minimum Gasteiger partial charge on any atom is -0.396 e. The molecule has 5 heteroatoms. The van der Waals surface area contributed by atoms with Crippen LogP contribution in [-0.4, -0.2) is 44.4 Å². The zero-order valence-electron chi connectivity index (χ0n) is 15.3. The highest BCUT2D eigenvalue weighted by Gasteiger charge is 2.56. The van der Waals surface area contributed by atoms with E-state index in [4.69, 9.17) is 0 Å². The van der Waals surface area contributed by atoms with E-state index in [-0.39, 0.29) is 30.0 Å². The van der Waals surface area contributed by atoms with Crippen molar-refractivity contribution in [3.8, 4) is 0 Å². The third kappa shape index (κ3) is 2.94. The van der Waals surface area contributed by atoms with Crippen LogP contribution in [0, 0.1) is 12.3 Å². The molecule has 2 aromatic rings. The Morgan fingerprint density at radius 1 is 1.27 bits per heavy atom. The lowest BCUT2D eigenvalue weighted by Crippen LogP contribution is -2.44. The molecule has 1 aromatic heterocycles. The lowest BCUT2D eigenvalue weighted by atomic mass is 9.70. The van der Waals surface area contributed by atoms with Crippen LogP contribution in [0.15, 0.2) is 42.6 Å². The van der Waals surface area contributed by atoms with Crippen molar-refractivity contribution >= 4 is 5.91 Å². The second-order valence-corrected chi connectivity index (χ2v) is 7.88. The number of benzene rings is 1. The van der Waals surface area contributed by atoms with Crippen molar-refractivity contribution < 1.29 is 9.90 Å². The Balaban J connectivity index is 1.48. The van der Waals surface area contributed by atoms with Gasteiger partial charge in [0.25, 0.3) is 0 Å². The number of nitrogens with zero attached hydrogens (tertiary/aromatic N) is 3. The number of aromatic nitrogens is 2. The fraction of sp³-hybridized carbons (Fsp3) is 0.524.